The fraction of sp³-hybridized carbons (Fsp3) is 0.600. The van der Waals surface area contributed by atoms with Crippen LogP contribution in [-0.2, 0) is 4.79 Å². The van der Waals surface area contributed by atoms with Crippen LogP contribution < -0.4 is 0 Å². The van der Waals surface area contributed by atoms with Gasteiger partial charge in [0.15, 0.2) is 5.78 Å². The first-order valence-corrected chi connectivity index (χ1v) is 9.15. The van der Waals surface area contributed by atoms with Gasteiger partial charge in [-0.1, -0.05) is 36.8 Å². The molecule has 24 heavy (non-hydrogen) atoms. The highest BCUT2D eigenvalue weighted by atomic mass is 16.3. The summed E-state index contributed by atoms with van der Waals surface area (Å²) < 4.78 is 0. The number of hydrogen-bond acceptors (Lipinski definition) is 3. The molecule has 2 atom stereocenters. The number of ketones is 1. The van der Waals surface area contributed by atoms with E-state index >= 15 is 0 Å². The van der Waals surface area contributed by atoms with Crippen molar-refractivity contribution in [3.8, 4) is 0 Å². The van der Waals surface area contributed by atoms with Crippen molar-refractivity contribution >= 4 is 11.7 Å². The van der Waals surface area contributed by atoms with E-state index in [1.807, 2.05) is 35.2 Å². The summed E-state index contributed by atoms with van der Waals surface area (Å²) in [5, 5.41) is 10.3. The zero-order chi connectivity index (χ0) is 17.0. The van der Waals surface area contributed by atoms with E-state index in [0.717, 1.165) is 44.2 Å². The molecule has 2 aliphatic rings. The number of rotatable bonds is 5. The second-order valence-electron chi connectivity index (χ2n) is 7.33. The molecule has 1 saturated carbocycles. The normalized spacial score (nSPS) is 26.7. The van der Waals surface area contributed by atoms with Crippen molar-refractivity contribution in [2.75, 3.05) is 13.1 Å². The molecule has 3 rings (SSSR count). The monoisotopic (exact) mass is 329 g/mol. The summed E-state index contributed by atoms with van der Waals surface area (Å²) in [5.41, 5.74) is 0.657. The van der Waals surface area contributed by atoms with E-state index in [2.05, 4.69) is 0 Å². The van der Waals surface area contributed by atoms with Crippen LogP contribution in [0.2, 0.25) is 0 Å². The number of benzene rings is 1. The molecule has 1 N–H and O–H groups in total. The molecule has 1 aliphatic carbocycles. The topological polar surface area (TPSA) is 57.6 Å². The first-order valence-electron chi connectivity index (χ1n) is 9.15. The summed E-state index contributed by atoms with van der Waals surface area (Å²) >= 11 is 0. The number of carbonyl (C=O) groups excluding carboxylic acids is 2. The minimum Gasteiger partial charge on any atom is -0.392 e. The zero-order valence-electron chi connectivity index (χ0n) is 14.2. The maximum Gasteiger partial charge on any atom is 0.222 e. The molecule has 0 bridgehead atoms. The van der Waals surface area contributed by atoms with Gasteiger partial charge in [0.25, 0.3) is 0 Å². The average molecular weight is 329 g/mol. The lowest BCUT2D eigenvalue weighted by molar-refractivity contribution is -0.136. The van der Waals surface area contributed by atoms with Gasteiger partial charge in [-0.05, 0) is 32.1 Å². The van der Waals surface area contributed by atoms with Crippen molar-refractivity contribution in [1.82, 2.24) is 4.90 Å². The van der Waals surface area contributed by atoms with Crippen molar-refractivity contribution < 1.29 is 14.7 Å². The van der Waals surface area contributed by atoms with Gasteiger partial charge in [-0.15, -0.1) is 0 Å². The number of amides is 1. The lowest BCUT2D eigenvalue weighted by Gasteiger charge is -2.42. The molecule has 4 heteroatoms. The molecule has 1 spiro atoms. The maximum atomic E-state index is 12.5. The smallest absolute Gasteiger partial charge is 0.222 e. The summed E-state index contributed by atoms with van der Waals surface area (Å²) in [6.45, 7) is 1.49. The molecule has 1 unspecified atom stereocenters. The van der Waals surface area contributed by atoms with Crippen molar-refractivity contribution in [3.63, 3.8) is 0 Å². The van der Waals surface area contributed by atoms with E-state index in [1.165, 1.54) is 0 Å². The Morgan fingerprint density at radius 1 is 1.12 bits per heavy atom. The van der Waals surface area contributed by atoms with Gasteiger partial charge in [0.1, 0.15) is 0 Å². The third-order valence-electron chi connectivity index (χ3n) is 5.71. The molecule has 0 radical (unpaired) electrons. The lowest BCUT2D eigenvalue weighted by Crippen LogP contribution is -2.49. The van der Waals surface area contributed by atoms with Gasteiger partial charge in [-0.25, -0.2) is 0 Å². The summed E-state index contributed by atoms with van der Waals surface area (Å²) in [7, 11) is 0. The number of carbonyl (C=O) groups is 2. The molecule has 1 aromatic rings. The molecule has 1 aromatic carbocycles. The fourth-order valence-corrected chi connectivity index (χ4v) is 4.30. The predicted molar refractivity (Wildman–Crippen MR) is 92.7 cm³/mol. The number of Topliss-reactive ketones (excluding diaryl/α,β-unsaturated/α-hetero) is 1. The van der Waals surface area contributed by atoms with E-state index in [4.69, 9.17) is 0 Å². The fourth-order valence-electron chi connectivity index (χ4n) is 4.30. The van der Waals surface area contributed by atoms with Crippen LogP contribution in [0.25, 0.3) is 0 Å². The zero-order valence-corrected chi connectivity index (χ0v) is 14.2. The second-order valence-corrected chi connectivity index (χ2v) is 7.33. The highest BCUT2D eigenvalue weighted by Gasteiger charge is 2.45. The Kier molecular flexibility index (Phi) is 5.34. The summed E-state index contributed by atoms with van der Waals surface area (Å²) in [6, 6.07) is 9.25. The van der Waals surface area contributed by atoms with Crippen LogP contribution >= 0.6 is 0 Å². The molecule has 0 aromatic heterocycles. The first-order chi connectivity index (χ1) is 11.6. The standard InChI is InChI=1S/C20H27NO3/c22-17(16-7-2-1-3-8-16)9-4-11-19(24)21-14-6-13-20(15-21)12-5-10-18(20)23/h1-3,7-8,18,23H,4-6,9-15H2/t18?,20-/m0/s1. The van der Waals surface area contributed by atoms with E-state index in [0.29, 0.717) is 25.8 Å². The van der Waals surface area contributed by atoms with Crippen molar-refractivity contribution in [3.05, 3.63) is 35.9 Å². The molecule has 1 saturated heterocycles. The highest BCUT2D eigenvalue weighted by Crippen LogP contribution is 2.45. The van der Waals surface area contributed by atoms with Gasteiger partial charge >= 0.3 is 0 Å². The van der Waals surface area contributed by atoms with Crippen molar-refractivity contribution in [2.45, 2.75) is 57.5 Å². The molecule has 1 amide bonds. The Balaban J connectivity index is 1.47. The Morgan fingerprint density at radius 3 is 2.58 bits per heavy atom. The van der Waals surface area contributed by atoms with E-state index in [-0.39, 0.29) is 23.2 Å². The number of aliphatic hydroxyl groups excluding tert-OH is 1. The largest absolute Gasteiger partial charge is 0.392 e. The van der Waals surface area contributed by atoms with Crippen molar-refractivity contribution in [1.29, 1.82) is 0 Å². The third-order valence-corrected chi connectivity index (χ3v) is 5.71. The Bertz CT molecular complexity index is 586. The second kappa shape index (κ2) is 7.47. The quantitative estimate of drug-likeness (QED) is 0.844. The van der Waals surface area contributed by atoms with Crippen LogP contribution in [-0.4, -0.2) is 40.9 Å². The Labute approximate surface area is 143 Å². The molecule has 1 aliphatic heterocycles. The molecular weight excluding hydrogens is 302 g/mol. The number of likely N-dealkylation sites (tertiary alicyclic amines) is 1. The average Bonchev–Trinajstić information content (AvgIpc) is 2.95. The van der Waals surface area contributed by atoms with Crippen LogP contribution in [0.3, 0.4) is 0 Å². The van der Waals surface area contributed by atoms with Gasteiger partial charge in [0.05, 0.1) is 6.10 Å². The first kappa shape index (κ1) is 17.2. The lowest BCUT2D eigenvalue weighted by atomic mass is 9.76. The highest BCUT2D eigenvalue weighted by molar-refractivity contribution is 5.96. The van der Waals surface area contributed by atoms with E-state index in [9.17, 15) is 14.7 Å². The summed E-state index contributed by atoms with van der Waals surface area (Å²) in [6.07, 6.45) is 6.15. The molecule has 4 nitrogen and oxygen atoms in total. The van der Waals surface area contributed by atoms with Crippen LogP contribution in [0.5, 0.6) is 0 Å². The molecule has 130 valence electrons. The predicted octanol–water partition coefficient (Wildman–Crippen LogP) is 3.19. The van der Waals surface area contributed by atoms with Crippen LogP contribution in [0, 0.1) is 5.41 Å². The van der Waals surface area contributed by atoms with E-state index in [1.54, 1.807) is 0 Å². The van der Waals surface area contributed by atoms with Gasteiger partial charge in [-0.3, -0.25) is 9.59 Å². The van der Waals surface area contributed by atoms with Crippen LogP contribution in [0.15, 0.2) is 30.3 Å². The van der Waals surface area contributed by atoms with Gasteiger partial charge < -0.3 is 10.0 Å². The number of nitrogens with zero attached hydrogens (tertiary/aromatic N) is 1. The minimum absolute atomic E-state index is 0.0617. The van der Waals surface area contributed by atoms with Gasteiger partial charge in [0, 0.05) is 36.9 Å². The van der Waals surface area contributed by atoms with Crippen molar-refractivity contribution in [2.24, 2.45) is 5.41 Å². The SMILES string of the molecule is O=C(CCCC(=O)N1CCC[C@@]2(CCCC2O)C1)c1ccccc1. The Hall–Kier alpha value is -1.68. The third kappa shape index (κ3) is 3.69. The number of hydrogen-bond donors (Lipinski definition) is 1. The molecular formula is C20H27NO3. The number of aliphatic hydroxyl groups is 1. The Morgan fingerprint density at radius 2 is 1.88 bits per heavy atom. The minimum atomic E-state index is -0.257. The summed E-state index contributed by atoms with van der Waals surface area (Å²) in [5.74, 6) is 0.235. The van der Waals surface area contributed by atoms with E-state index < -0.39 is 0 Å². The number of piperidine rings is 1. The summed E-state index contributed by atoms with van der Waals surface area (Å²) in [4.78, 5) is 26.5. The van der Waals surface area contributed by atoms with Gasteiger partial charge in [-0.2, -0.15) is 0 Å². The van der Waals surface area contributed by atoms with Crippen LogP contribution in [0.1, 0.15) is 61.7 Å². The maximum absolute atomic E-state index is 12.5. The molecule has 2 fully saturated rings. The molecule has 1 heterocycles. The van der Waals surface area contributed by atoms with Crippen LogP contribution in [0.4, 0.5) is 0 Å². The van der Waals surface area contributed by atoms with Gasteiger partial charge in [0.2, 0.25) is 5.91 Å².